The van der Waals surface area contributed by atoms with E-state index in [1.165, 1.54) is 6.07 Å². The number of nitrogens with zero attached hydrogens (tertiary/aromatic N) is 3. The summed E-state index contributed by atoms with van der Waals surface area (Å²) >= 11 is 0. The predicted molar refractivity (Wildman–Crippen MR) is 109 cm³/mol. The van der Waals surface area contributed by atoms with Gasteiger partial charge in [0.25, 0.3) is 5.91 Å². The fourth-order valence-electron chi connectivity index (χ4n) is 5.41. The van der Waals surface area contributed by atoms with Crippen LogP contribution in [0.1, 0.15) is 48.3 Å². The number of halogens is 2. The molecular weight excluding hydrogens is 386 g/mol. The second-order valence-electron chi connectivity index (χ2n) is 8.61. The number of imidazole rings is 1. The van der Waals surface area contributed by atoms with E-state index in [1.54, 1.807) is 24.7 Å². The van der Waals surface area contributed by atoms with Crippen LogP contribution in [-0.2, 0) is 0 Å². The zero-order valence-electron chi connectivity index (χ0n) is 17.0. The largest absolute Gasteiger partial charge is 0.349 e. The monoisotopic (exact) mass is 410 g/mol. The van der Waals surface area contributed by atoms with E-state index in [-0.39, 0.29) is 18.0 Å². The Balaban J connectivity index is 1.27. The molecule has 5 atom stereocenters. The van der Waals surface area contributed by atoms with Gasteiger partial charge < -0.3 is 9.88 Å². The first-order valence-corrected chi connectivity index (χ1v) is 10.5. The molecule has 5 rings (SSSR count). The molecule has 2 fully saturated rings. The van der Waals surface area contributed by atoms with E-state index in [2.05, 4.69) is 22.2 Å². The van der Waals surface area contributed by atoms with Crippen molar-refractivity contribution in [1.82, 2.24) is 19.9 Å². The van der Waals surface area contributed by atoms with Gasteiger partial charge in [-0.2, -0.15) is 0 Å². The third-order valence-corrected chi connectivity index (χ3v) is 6.88. The second-order valence-corrected chi connectivity index (χ2v) is 8.61. The Kier molecular flexibility index (Phi) is 4.56. The van der Waals surface area contributed by atoms with Gasteiger partial charge in [0.15, 0.2) is 11.6 Å². The summed E-state index contributed by atoms with van der Waals surface area (Å²) in [5, 5.41) is 3.22. The highest BCUT2D eigenvalue weighted by Gasteiger charge is 2.59. The minimum atomic E-state index is -0.868. The summed E-state index contributed by atoms with van der Waals surface area (Å²) in [7, 11) is 0. The molecule has 0 radical (unpaired) electrons. The van der Waals surface area contributed by atoms with Crippen LogP contribution in [0.4, 0.5) is 8.78 Å². The Bertz CT molecular complexity index is 1120. The summed E-state index contributed by atoms with van der Waals surface area (Å²) in [5.41, 5.74) is 2.59. The molecular formula is C23H24F2N4O. The van der Waals surface area contributed by atoms with E-state index in [4.69, 9.17) is 0 Å². The molecule has 7 heteroatoms. The maximum atomic E-state index is 13.7. The number of benzene rings is 1. The van der Waals surface area contributed by atoms with Gasteiger partial charge >= 0.3 is 0 Å². The predicted octanol–water partition coefficient (Wildman–Crippen LogP) is 4.42. The van der Waals surface area contributed by atoms with Gasteiger partial charge in [-0.25, -0.2) is 13.8 Å². The highest BCUT2D eigenvalue weighted by Crippen LogP contribution is 2.62. The van der Waals surface area contributed by atoms with Gasteiger partial charge in [0.2, 0.25) is 0 Å². The molecule has 3 aromatic rings. The van der Waals surface area contributed by atoms with E-state index in [0.717, 1.165) is 31.0 Å². The molecule has 30 heavy (non-hydrogen) atoms. The summed E-state index contributed by atoms with van der Waals surface area (Å²) in [4.78, 5) is 21.1. The van der Waals surface area contributed by atoms with Crippen molar-refractivity contribution >= 4 is 16.9 Å². The average Bonchev–Trinajstić information content (AvgIpc) is 3.03. The quantitative estimate of drug-likeness (QED) is 0.677. The number of rotatable bonds is 5. The van der Waals surface area contributed by atoms with Crippen molar-refractivity contribution in [2.45, 2.75) is 45.2 Å². The van der Waals surface area contributed by atoms with Crippen molar-refractivity contribution in [2.75, 3.05) is 0 Å². The standard InChI is InChI=1S/C23H24F2N4O/c1-3-19(28-23(30)13-4-5-26-12(2)6-13)22-15-7-14(8-16(15)22)29-11-27-20-9-17(24)18(25)10-21(20)29/h4-6,9-11,14-16,19,22H,3,7-8H2,1-2H3,(H,28,30)/t14?,15-,16+,19?,22?. The van der Waals surface area contributed by atoms with E-state index >= 15 is 0 Å². The molecule has 2 aliphatic rings. The van der Waals surface area contributed by atoms with Crippen LogP contribution in [0, 0.1) is 36.3 Å². The van der Waals surface area contributed by atoms with E-state index in [9.17, 15) is 13.6 Å². The molecule has 5 nitrogen and oxygen atoms in total. The molecule has 0 saturated heterocycles. The number of aromatic nitrogens is 3. The van der Waals surface area contributed by atoms with Crippen LogP contribution in [0.5, 0.6) is 0 Å². The summed E-state index contributed by atoms with van der Waals surface area (Å²) in [6.45, 7) is 3.98. The normalized spacial score (nSPS) is 25.9. The fraction of sp³-hybridized carbons (Fsp3) is 0.435. The summed E-state index contributed by atoms with van der Waals surface area (Å²) in [6, 6.07) is 6.33. The number of nitrogens with one attached hydrogen (secondary N) is 1. The van der Waals surface area contributed by atoms with Gasteiger partial charge in [-0.3, -0.25) is 9.78 Å². The lowest BCUT2D eigenvalue weighted by atomic mass is 9.99. The number of fused-ring (bicyclic) bond motifs is 2. The third-order valence-electron chi connectivity index (χ3n) is 6.88. The molecule has 3 unspecified atom stereocenters. The lowest BCUT2D eigenvalue weighted by Crippen LogP contribution is -2.37. The number of aryl methyl sites for hydroxylation is 1. The van der Waals surface area contributed by atoms with Gasteiger partial charge in [-0.1, -0.05) is 6.92 Å². The third kappa shape index (κ3) is 3.16. The van der Waals surface area contributed by atoms with Crippen LogP contribution in [0.25, 0.3) is 11.0 Å². The number of hydrogen-bond donors (Lipinski definition) is 1. The van der Waals surface area contributed by atoms with E-state index < -0.39 is 11.6 Å². The maximum Gasteiger partial charge on any atom is 0.251 e. The number of pyridine rings is 1. The molecule has 2 aromatic heterocycles. The van der Waals surface area contributed by atoms with Crippen LogP contribution >= 0.6 is 0 Å². The van der Waals surface area contributed by atoms with Crippen molar-refractivity contribution in [1.29, 1.82) is 0 Å². The average molecular weight is 410 g/mol. The molecule has 2 aliphatic carbocycles. The van der Waals surface area contributed by atoms with Gasteiger partial charge in [-0.15, -0.1) is 0 Å². The van der Waals surface area contributed by atoms with Crippen molar-refractivity contribution < 1.29 is 13.6 Å². The number of hydrogen-bond acceptors (Lipinski definition) is 3. The molecule has 156 valence electrons. The minimum absolute atomic E-state index is 0.0491. The first-order chi connectivity index (χ1) is 14.5. The lowest BCUT2D eigenvalue weighted by molar-refractivity contribution is 0.0926. The van der Waals surface area contributed by atoms with Crippen molar-refractivity contribution in [2.24, 2.45) is 17.8 Å². The van der Waals surface area contributed by atoms with Gasteiger partial charge in [0.1, 0.15) is 0 Å². The number of carbonyl (C=O) groups excluding carboxylic acids is 1. The van der Waals surface area contributed by atoms with Crippen LogP contribution in [0.2, 0.25) is 0 Å². The van der Waals surface area contributed by atoms with Crippen LogP contribution in [0.3, 0.4) is 0 Å². The topological polar surface area (TPSA) is 59.8 Å². The smallest absolute Gasteiger partial charge is 0.251 e. The summed E-state index contributed by atoms with van der Waals surface area (Å²) in [5.74, 6) is -0.197. The molecule has 1 amide bonds. The Labute approximate surface area is 173 Å². The molecule has 0 spiro atoms. The zero-order chi connectivity index (χ0) is 21.0. The van der Waals surface area contributed by atoms with E-state index in [0.29, 0.717) is 34.4 Å². The van der Waals surface area contributed by atoms with Crippen molar-refractivity contribution in [3.05, 3.63) is 59.7 Å². The van der Waals surface area contributed by atoms with Crippen molar-refractivity contribution in [3.8, 4) is 0 Å². The zero-order valence-corrected chi connectivity index (χ0v) is 17.0. The molecule has 2 heterocycles. The van der Waals surface area contributed by atoms with E-state index in [1.807, 2.05) is 11.5 Å². The lowest BCUT2D eigenvalue weighted by Gasteiger charge is -2.22. The molecule has 1 aromatic carbocycles. The van der Waals surface area contributed by atoms with Gasteiger partial charge in [-0.05, 0) is 56.1 Å². The van der Waals surface area contributed by atoms with Crippen LogP contribution < -0.4 is 5.32 Å². The van der Waals surface area contributed by atoms with Crippen LogP contribution in [0.15, 0.2) is 36.8 Å². The Hall–Kier alpha value is -2.83. The molecule has 1 N–H and O–H groups in total. The highest BCUT2D eigenvalue weighted by atomic mass is 19.2. The Morgan fingerprint density at radius 2 is 1.93 bits per heavy atom. The fourth-order valence-corrected chi connectivity index (χ4v) is 5.41. The number of carbonyl (C=O) groups is 1. The summed E-state index contributed by atoms with van der Waals surface area (Å²) < 4.78 is 29.2. The Morgan fingerprint density at radius 3 is 2.63 bits per heavy atom. The maximum absolute atomic E-state index is 13.7. The SMILES string of the molecule is CCC(NC(=O)c1ccnc(C)c1)C1[C@H]2CC(n3cnc4cc(F)c(F)cc43)C[C@@H]12. The second kappa shape index (κ2) is 7.15. The first kappa shape index (κ1) is 19.2. The Morgan fingerprint density at radius 1 is 1.20 bits per heavy atom. The number of amides is 1. The molecule has 2 saturated carbocycles. The first-order valence-electron chi connectivity index (χ1n) is 10.5. The highest BCUT2D eigenvalue weighted by molar-refractivity contribution is 5.94. The minimum Gasteiger partial charge on any atom is -0.349 e. The molecule has 0 bridgehead atoms. The summed E-state index contributed by atoms with van der Waals surface area (Å²) in [6.07, 6.45) is 6.18. The van der Waals surface area contributed by atoms with Crippen LogP contribution in [-0.4, -0.2) is 26.5 Å². The molecule has 0 aliphatic heterocycles. The van der Waals surface area contributed by atoms with Crippen molar-refractivity contribution in [3.63, 3.8) is 0 Å². The van der Waals surface area contributed by atoms with Gasteiger partial charge in [0.05, 0.1) is 17.4 Å². The van der Waals surface area contributed by atoms with Gasteiger partial charge in [0, 0.05) is 41.7 Å².